The lowest BCUT2D eigenvalue weighted by atomic mass is 10.2. The summed E-state index contributed by atoms with van der Waals surface area (Å²) in [6, 6.07) is 6.93. The van der Waals surface area contributed by atoms with Gasteiger partial charge in [0.05, 0.1) is 0 Å². The number of amides is 1. The van der Waals surface area contributed by atoms with Gasteiger partial charge in [-0.1, -0.05) is 5.16 Å². The number of benzene rings is 1. The number of carbonyl (C=O) groups is 1. The molecule has 0 aliphatic carbocycles. The lowest BCUT2D eigenvalue weighted by Crippen LogP contribution is -2.51. The number of aryl methyl sites for hydroxylation is 2. The van der Waals surface area contributed by atoms with Crippen LogP contribution in [0.5, 0.6) is 5.75 Å². The van der Waals surface area contributed by atoms with E-state index in [0.29, 0.717) is 17.3 Å². The van der Waals surface area contributed by atoms with Gasteiger partial charge >= 0.3 is 0 Å². The fraction of sp³-hybridized carbons (Fsp3) is 0.368. The summed E-state index contributed by atoms with van der Waals surface area (Å²) in [4.78, 5) is 14.2. The fourth-order valence-electron chi connectivity index (χ4n) is 3.38. The normalized spacial score (nSPS) is 15.2. The van der Waals surface area contributed by atoms with Crippen molar-refractivity contribution in [3.63, 3.8) is 0 Å². The van der Waals surface area contributed by atoms with Crippen molar-refractivity contribution in [1.82, 2.24) is 24.6 Å². The van der Waals surface area contributed by atoms with Crippen LogP contribution in [0.3, 0.4) is 0 Å². The van der Waals surface area contributed by atoms with E-state index in [1.165, 1.54) is 10.7 Å². The van der Waals surface area contributed by atoms with Crippen molar-refractivity contribution in [3.05, 3.63) is 42.1 Å². The maximum absolute atomic E-state index is 12.9. The Labute approximate surface area is 178 Å². The summed E-state index contributed by atoms with van der Waals surface area (Å²) in [5, 5.41) is 11.2. The molecular weight excluding hydrogens is 426 g/mol. The van der Waals surface area contributed by atoms with Crippen molar-refractivity contribution in [1.29, 1.82) is 0 Å². The lowest BCUT2D eigenvalue weighted by molar-refractivity contribution is -0.134. The molecule has 1 amide bonds. The molecule has 31 heavy (non-hydrogen) atoms. The summed E-state index contributed by atoms with van der Waals surface area (Å²) in [5.41, 5.74) is 1.07. The van der Waals surface area contributed by atoms with E-state index in [1.54, 1.807) is 43.0 Å². The average Bonchev–Trinajstić information content (AvgIpc) is 3.42. The van der Waals surface area contributed by atoms with Crippen LogP contribution in [-0.2, 0) is 14.8 Å². The fourth-order valence-corrected chi connectivity index (χ4v) is 5.09. The molecule has 1 saturated heterocycles. The lowest BCUT2D eigenvalue weighted by Gasteiger charge is -2.33. The van der Waals surface area contributed by atoms with Crippen LogP contribution in [0.25, 0.3) is 11.5 Å². The van der Waals surface area contributed by atoms with Gasteiger partial charge < -0.3 is 18.6 Å². The summed E-state index contributed by atoms with van der Waals surface area (Å²) in [5.74, 6) is 0.966. The molecule has 1 aliphatic rings. The van der Waals surface area contributed by atoms with Crippen LogP contribution in [0.15, 0.2) is 44.5 Å². The van der Waals surface area contributed by atoms with Crippen LogP contribution in [0.1, 0.15) is 11.5 Å². The number of hydrogen-bond donors (Lipinski definition) is 0. The zero-order valence-electron chi connectivity index (χ0n) is 17.0. The van der Waals surface area contributed by atoms with E-state index in [0.717, 1.165) is 5.56 Å². The van der Waals surface area contributed by atoms with Gasteiger partial charge in [-0.05, 0) is 38.1 Å². The van der Waals surface area contributed by atoms with Crippen LogP contribution in [0.2, 0.25) is 0 Å². The molecule has 0 N–H and O–H groups in total. The third kappa shape index (κ3) is 4.30. The molecule has 0 unspecified atom stereocenters. The molecule has 0 bridgehead atoms. The second kappa shape index (κ2) is 8.47. The van der Waals surface area contributed by atoms with Gasteiger partial charge in [0.1, 0.15) is 16.3 Å². The Morgan fingerprint density at radius 2 is 1.84 bits per heavy atom. The maximum atomic E-state index is 12.9. The molecule has 1 aromatic carbocycles. The number of ether oxygens (including phenoxy) is 1. The number of carbonyl (C=O) groups excluding carboxylic acids is 1. The summed E-state index contributed by atoms with van der Waals surface area (Å²) >= 11 is 0. The number of piperazine rings is 1. The standard InChI is InChI=1S/C19H21N5O6S/c1-13-18(14(2)30-22-13)31(26,27)24-9-7-23(8-10-24)17(25)11-28-16-5-3-15(4-6-16)19-21-20-12-29-19/h3-6,12H,7-11H2,1-2H3. The van der Waals surface area contributed by atoms with E-state index < -0.39 is 10.0 Å². The minimum atomic E-state index is -3.72. The highest BCUT2D eigenvalue weighted by atomic mass is 32.2. The van der Waals surface area contributed by atoms with Gasteiger partial charge in [0, 0.05) is 31.7 Å². The Hall–Kier alpha value is -3.25. The molecule has 164 valence electrons. The zero-order valence-corrected chi connectivity index (χ0v) is 17.8. The summed E-state index contributed by atoms with van der Waals surface area (Å²) in [6.07, 6.45) is 1.25. The topological polar surface area (TPSA) is 132 Å². The zero-order chi connectivity index (χ0) is 22.0. The van der Waals surface area contributed by atoms with Gasteiger partial charge in [-0.3, -0.25) is 4.79 Å². The Balaban J connectivity index is 1.30. The molecule has 4 rings (SSSR count). The molecule has 0 radical (unpaired) electrons. The van der Waals surface area contributed by atoms with Crippen molar-refractivity contribution in [2.24, 2.45) is 0 Å². The average molecular weight is 447 g/mol. The van der Waals surface area contributed by atoms with Gasteiger partial charge in [0.25, 0.3) is 5.91 Å². The van der Waals surface area contributed by atoms with E-state index in [4.69, 9.17) is 13.7 Å². The first-order chi connectivity index (χ1) is 14.9. The summed E-state index contributed by atoms with van der Waals surface area (Å²) < 4.78 is 42.8. The quantitative estimate of drug-likeness (QED) is 0.547. The van der Waals surface area contributed by atoms with Gasteiger partial charge in [0.2, 0.25) is 22.3 Å². The van der Waals surface area contributed by atoms with E-state index in [-0.39, 0.29) is 49.3 Å². The first kappa shape index (κ1) is 21.0. The second-order valence-electron chi connectivity index (χ2n) is 7.00. The van der Waals surface area contributed by atoms with E-state index >= 15 is 0 Å². The second-order valence-corrected chi connectivity index (χ2v) is 8.87. The smallest absolute Gasteiger partial charge is 0.260 e. The van der Waals surface area contributed by atoms with Crippen molar-refractivity contribution >= 4 is 15.9 Å². The summed E-state index contributed by atoms with van der Waals surface area (Å²) in [7, 11) is -3.72. The van der Waals surface area contributed by atoms with E-state index in [9.17, 15) is 13.2 Å². The monoisotopic (exact) mass is 447 g/mol. The van der Waals surface area contributed by atoms with Crippen molar-refractivity contribution < 1.29 is 26.9 Å². The highest BCUT2D eigenvalue weighted by molar-refractivity contribution is 7.89. The van der Waals surface area contributed by atoms with Crippen LogP contribution < -0.4 is 4.74 Å². The predicted octanol–water partition coefficient (Wildman–Crippen LogP) is 1.25. The third-order valence-corrected chi connectivity index (χ3v) is 7.12. The number of aromatic nitrogens is 3. The van der Waals surface area contributed by atoms with Gasteiger partial charge in [-0.2, -0.15) is 4.31 Å². The number of nitrogens with zero attached hydrogens (tertiary/aromatic N) is 5. The maximum Gasteiger partial charge on any atom is 0.260 e. The molecule has 11 nitrogen and oxygen atoms in total. The van der Waals surface area contributed by atoms with Gasteiger partial charge in [-0.25, -0.2) is 8.42 Å². The SMILES string of the molecule is Cc1noc(C)c1S(=O)(=O)N1CCN(C(=O)COc2ccc(-c3nnco3)cc2)CC1. The number of sulfonamides is 1. The minimum absolute atomic E-state index is 0.0968. The highest BCUT2D eigenvalue weighted by Gasteiger charge is 2.34. The Morgan fingerprint density at radius 3 is 2.42 bits per heavy atom. The van der Waals surface area contributed by atoms with Crippen LogP contribution in [0.4, 0.5) is 0 Å². The molecule has 3 aromatic rings. The third-order valence-electron chi connectivity index (χ3n) is 4.98. The molecule has 1 aliphatic heterocycles. The van der Waals surface area contributed by atoms with Gasteiger partial charge in [0.15, 0.2) is 12.4 Å². The predicted molar refractivity (Wildman–Crippen MR) is 107 cm³/mol. The van der Waals surface area contributed by atoms with Gasteiger partial charge in [-0.15, -0.1) is 10.2 Å². The van der Waals surface area contributed by atoms with E-state index in [1.807, 2.05) is 0 Å². The first-order valence-corrected chi connectivity index (χ1v) is 11.0. The van der Waals surface area contributed by atoms with E-state index in [2.05, 4.69) is 15.4 Å². The summed E-state index contributed by atoms with van der Waals surface area (Å²) in [6.45, 7) is 3.96. The number of rotatable bonds is 6. The molecular formula is C19H21N5O6S. The molecule has 0 saturated carbocycles. The van der Waals surface area contributed by atoms with Crippen LogP contribution in [0, 0.1) is 13.8 Å². The molecule has 0 atom stereocenters. The van der Waals surface area contributed by atoms with Crippen LogP contribution in [-0.4, -0.2) is 71.7 Å². The Kier molecular flexibility index (Phi) is 5.74. The van der Waals surface area contributed by atoms with Crippen molar-refractivity contribution in [2.45, 2.75) is 18.7 Å². The molecule has 0 spiro atoms. The largest absolute Gasteiger partial charge is 0.484 e. The van der Waals surface area contributed by atoms with Crippen LogP contribution >= 0.6 is 0 Å². The molecule has 12 heteroatoms. The first-order valence-electron chi connectivity index (χ1n) is 9.56. The Morgan fingerprint density at radius 1 is 1.13 bits per heavy atom. The van der Waals surface area contributed by atoms with Crippen molar-refractivity contribution in [3.8, 4) is 17.2 Å². The van der Waals surface area contributed by atoms with Crippen molar-refractivity contribution in [2.75, 3.05) is 32.8 Å². The highest BCUT2D eigenvalue weighted by Crippen LogP contribution is 2.24. The minimum Gasteiger partial charge on any atom is -0.484 e. The molecule has 3 heterocycles. The Bertz CT molecular complexity index is 1130. The molecule has 2 aromatic heterocycles. The number of hydrogen-bond acceptors (Lipinski definition) is 9. The molecule has 1 fully saturated rings.